The first-order valence-corrected chi connectivity index (χ1v) is 10.4. The van der Waals surface area contributed by atoms with Crippen LogP contribution in [0.25, 0.3) is 10.2 Å². The molecular weight excluding hydrogens is 372 g/mol. The van der Waals surface area contributed by atoms with E-state index in [1.807, 2.05) is 29.8 Å². The number of ether oxygens (including phenoxy) is 1. The van der Waals surface area contributed by atoms with Crippen molar-refractivity contribution in [1.29, 1.82) is 0 Å². The van der Waals surface area contributed by atoms with Crippen molar-refractivity contribution in [2.75, 3.05) is 12.9 Å². The largest absolute Gasteiger partial charge is 0.497 e. The maximum atomic E-state index is 12.3. The normalized spacial score (nSPS) is 12.5. The Bertz CT molecular complexity index is 1110. The van der Waals surface area contributed by atoms with Gasteiger partial charge in [0.25, 0.3) is 0 Å². The van der Waals surface area contributed by atoms with Gasteiger partial charge in [0.2, 0.25) is 5.91 Å². The molecule has 1 heterocycles. The van der Waals surface area contributed by atoms with Crippen LogP contribution in [0.1, 0.15) is 6.42 Å². The molecule has 1 amide bonds. The summed E-state index contributed by atoms with van der Waals surface area (Å²) < 4.78 is 32.5. The monoisotopic (exact) mass is 390 g/mol. The summed E-state index contributed by atoms with van der Waals surface area (Å²) in [6.45, 7) is 0. The van der Waals surface area contributed by atoms with Gasteiger partial charge in [0.05, 0.1) is 28.0 Å². The summed E-state index contributed by atoms with van der Waals surface area (Å²) in [5.41, 5.74) is 0.930. The number of nitrogens with zero attached hydrogens (tertiary/aromatic N) is 2. The number of carbonyl (C=O) groups excluding carboxylic acids is 1. The molecule has 0 aliphatic heterocycles. The lowest BCUT2D eigenvalue weighted by atomic mass is 10.3. The quantitative estimate of drug-likeness (QED) is 0.671. The number of rotatable bonds is 5. The zero-order chi connectivity index (χ0) is 18.7. The number of fused-ring (bicyclic) bond motifs is 1. The van der Waals surface area contributed by atoms with Gasteiger partial charge in [-0.2, -0.15) is 4.99 Å². The molecule has 0 aliphatic rings. The molecule has 2 aromatic carbocycles. The van der Waals surface area contributed by atoms with E-state index in [1.165, 1.54) is 23.5 Å². The minimum Gasteiger partial charge on any atom is -0.497 e. The number of sulfone groups is 1. The molecule has 0 aliphatic carbocycles. The van der Waals surface area contributed by atoms with Gasteiger partial charge in [-0.1, -0.05) is 29.5 Å². The summed E-state index contributed by atoms with van der Waals surface area (Å²) in [6, 6.07) is 13.7. The summed E-state index contributed by atoms with van der Waals surface area (Å²) in [7, 11) is -0.0805. The van der Waals surface area contributed by atoms with Gasteiger partial charge in [0.15, 0.2) is 14.6 Å². The molecule has 0 fully saturated rings. The van der Waals surface area contributed by atoms with Gasteiger partial charge in [-0.15, -0.1) is 0 Å². The van der Waals surface area contributed by atoms with Crippen molar-refractivity contribution in [3.05, 3.63) is 53.3 Å². The average molecular weight is 390 g/mol. The molecule has 0 atom stereocenters. The molecule has 0 radical (unpaired) electrons. The van der Waals surface area contributed by atoms with Crippen LogP contribution in [0.2, 0.25) is 0 Å². The summed E-state index contributed by atoms with van der Waals surface area (Å²) in [6.07, 6.45) is -0.158. The van der Waals surface area contributed by atoms with Crippen molar-refractivity contribution in [2.24, 2.45) is 12.0 Å². The van der Waals surface area contributed by atoms with E-state index in [9.17, 15) is 13.2 Å². The van der Waals surface area contributed by atoms with Gasteiger partial charge in [0, 0.05) is 13.5 Å². The van der Waals surface area contributed by atoms with Gasteiger partial charge >= 0.3 is 0 Å². The third-order valence-corrected chi connectivity index (χ3v) is 6.75. The van der Waals surface area contributed by atoms with Crippen LogP contribution in [0.5, 0.6) is 5.75 Å². The van der Waals surface area contributed by atoms with Crippen molar-refractivity contribution in [1.82, 2.24) is 4.57 Å². The van der Waals surface area contributed by atoms with E-state index in [0.717, 1.165) is 16.0 Å². The number of benzene rings is 2. The zero-order valence-electron chi connectivity index (χ0n) is 14.4. The minimum absolute atomic E-state index is 0.158. The maximum Gasteiger partial charge on any atom is 0.249 e. The van der Waals surface area contributed by atoms with E-state index >= 15 is 0 Å². The Hall–Kier alpha value is -2.45. The molecule has 136 valence electrons. The van der Waals surface area contributed by atoms with E-state index in [4.69, 9.17) is 4.74 Å². The highest BCUT2D eigenvalue weighted by Gasteiger charge is 2.16. The zero-order valence-corrected chi connectivity index (χ0v) is 16.0. The van der Waals surface area contributed by atoms with Gasteiger partial charge in [-0.25, -0.2) is 8.42 Å². The lowest BCUT2D eigenvalue weighted by molar-refractivity contribution is -0.117. The second-order valence-corrected chi connectivity index (χ2v) is 8.78. The average Bonchev–Trinajstić information content (AvgIpc) is 2.95. The Balaban J connectivity index is 1.81. The molecule has 0 unspecified atom stereocenters. The van der Waals surface area contributed by atoms with Crippen LogP contribution in [-0.4, -0.2) is 31.8 Å². The molecular formula is C18H18N2O4S2. The first kappa shape index (κ1) is 18.3. The number of aromatic nitrogens is 1. The summed E-state index contributed by atoms with van der Waals surface area (Å²) >= 11 is 1.36. The number of aryl methyl sites for hydroxylation is 1. The van der Waals surface area contributed by atoms with Crippen LogP contribution in [0, 0.1) is 0 Å². The highest BCUT2D eigenvalue weighted by atomic mass is 32.2. The smallest absolute Gasteiger partial charge is 0.249 e. The van der Waals surface area contributed by atoms with Crippen molar-refractivity contribution in [3.8, 4) is 5.75 Å². The van der Waals surface area contributed by atoms with Crippen LogP contribution in [0.3, 0.4) is 0 Å². The Labute approximate surface area is 155 Å². The number of carbonyl (C=O) groups is 1. The molecule has 3 rings (SSSR count). The van der Waals surface area contributed by atoms with Crippen molar-refractivity contribution in [2.45, 2.75) is 11.3 Å². The molecule has 0 saturated carbocycles. The second-order valence-electron chi connectivity index (χ2n) is 5.66. The highest BCUT2D eigenvalue weighted by Crippen LogP contribution is 2.22. The molecule has 0 N–H and O–H groups in total. The minimum atomic E-state index is -3.49. The van der Waals surface area contributed by atoms with Crippen molar-refractivity contribution in [3.63, 3.8) is 0 Å². The Morgan fingerprint density at radius 1 is 1.19 bits per heavy atom. The fourth-order valence-corrected chi connectivity index (χ4v) is 4.79. The van der Waals surface area contributed by atoms with Gasteiger partial charge < -0.3 is 9.30 Å². The first-order valence-electron chi connectivity index (χ1n) is 7.89. The van der Waals surface area contributed by atoms with Gasteiger partial charge in [-0.3, -0.25) is 4.79 Å². The number of hydrogen-bond acceptors (Lipinski definition) is 5. The van der Waals surface area contributed by atoms with E-state index < -0.39 is 15.7 Å². The Morgan fingerprint density at radius 3 is 2.62 bits per heavy atom. The number of amides is 1. The topological polar surface area (TPSA) is 77.7 Å². The van der Waals surface area contributed by atoms with E-state index in [1.54, 1.807) is 25.3 Å². The number of thiazole rings is 1. The fourth-order valence-electron chi connectivity index (χ4n) is 2.48. The molecule has 0 bridgehead atoms. The fraction of sp³-hybridized carbons (Fsp3) is 0.222. The maximum absolute atomic E-state index is 12.3. The SMILES string of the molecule is COc1ccc2c(c1)sc(=NC(=O)CCS(=O)(=O)c1ccccc1)n2C. The molecule has 0 saturated heterocycles. The number of hydrogen-bond donors (Lipinski definition) is 0. The van der Waals surface area contributed by atoms with Crippen LogP contribution in [0.4, 0.5) is 0 Å². The lowest BCUT2D eigenvalue weighted by Gasteiger charge is -2.02. The Kier molecular flexibility index (Phi) is 5.24. The van der Waals surface area contributed by atoms with E-state index in [0.29, 0.717) is 4.80 Å². The van der Waals surface area contributed by atoms with Crippen LogP contribution < -0.4 is 9.54 Å². The number of methoxy groups -OCH3 is 1. The van der Waals surface area contributed by atoms with Crippen LogP contribution >= 0.6 is 11.3 Å². The highest BCUT2D eigenvalue weighted by molar-refractivity contribution is 7.91. The predicted molar refractivity (Wildman–Crippen MR) is 101 cm³/mol. The Morgan fingerprint density at radius 2 is 1.92 bits per heavy atom. The lowest BCUT2D eigenvalue weighted by Crippen LogP contribution is -2.15. The van der Waals surface area contributed by atoms with Crippen molar-refractivity contribution < 1.29 is 17.9 Å². The van der Waals surface area contributed by atoms with Crippen LogP contribution in [-0.2, 0) is 21.7 Å². The van der Waals surface area contributed by atoms with Gasteiger partial charge in [-0.05, 0) is 30.3 Å². The predicted octanol–water partition coefficient (Wildman–Crippen LogP) is 2.54. The molecule has 3 aromatic rings. The third kappa shape index (κ3) is 3.86. The summed E-state index contributed by atoms with van der Waals surface area (Å²) in [4.78, 5) is 17.0. The molecule has 0 spiro atoms. The molecule has 1 aromatic heterocycles. The second kappa shape index (κ2) is 7.43. The standard InChI is InChI=1S/C18H18N2O4S2/c1-20-15-9-8-13(24-2)12-16(15)25-18(20)19-17(21)10-11-26(22,23)14-6-4-3-5-7-14/h3-9,12H,10-11H2,1-2H3. The molecule has 8 heteroatoms. The summed E-state index contributed by atoms with van der Waals surface area (Å²) in [5.74, 6) is 0.00622. The first-order chi connectivity index (χ1) is 12.4. The third-order valence-electron chi connectivity index (χ3n) is 3.92. The molecule has 6 nitrogen and oxygen atoms in total. The molecule has 26 heavy (non-hydrogen) atoms. The van der Waals surface area contributed by atoms with E-state index in [2.05, 4.69) is 4.99 Å². The van der Waals surface area contributed by atoms with Gasteiger partial charge in [0.1, 0.15) is 5.75 Å². The summed E-state index contributed by atoms with van der Waals surface area (Å²) in [5, 5.41) is 0. The van der Waals surface area contributed by atoms with Crippen LogP contribution in [0.15, 0.2) is 58.4 Å². The van der Waals surface area contributed by atoms with E-state index in [-0.39, 0.29) is 17.1 Å². The van der Waals surface area contributed by atoms with Crippen molar-refractivity contribution >= 4 is 37.3 Å².